The van der Waals surface area contributed by atoms with Crippen LogP contribution >= 0.6 is 0 Å². The van der Waals surface area contributed by atoms with Gasteiger partial charge in [0.15, 0.2) is 0 Å². The highest BCUT2D eigenvalue weighted by atomic mass is 15.0. The second-order valence-electron chi connectivity index (χ2n) is 33.2. The molecule has 2 aromatic heterocycles. The van der Waals surface area contributed by atoms with Gasteiger partial charge < -0.3 is 9.13 Å². The van der Waals surface area contributed by atoms with Crippen molar-refractivity contribution in [1.82, 2.24) is 9.13 Å². The Balaban J connectivity index is 1.36. The summed E-state index contributed by atoms with van der Waals surface area (Å²) in [5, 5.41) is 5.27. The summed E-state index contributed by atoms with van der Waals surface area (Å²) in [6, 6.07) is 49.2. The molecule has 0 saturated heterocycles. The Morgan fingerprint density at radius 1 is 0.309 bits per heavy atom. The molecule has 2 heterocycles. The summed E-state index contributed by atoms with van der Waals surface area (Å²) in [4.78, 5) is 0. The standard InChI is InChI=1S/C79H102N2/c1-27-78(23,24)70-62(76(17,18)19)29-28-30-67(70)80-63-35-31-51(71(2,3)4)46-60(63)61-47-54(34-38-64(61)80)79(25,26)48-49-39-57(50-41-55(74(11,12)13)43-56(42-50)75(14,15)16)69(77(20,21)22)68(40-49)81-65-36-32-52(72(5,6)7)44-58(65)59-45-53(73(8,9)10)33-37-66(59)81/h28-47H,27,48H2,1-26H3. The monoisotopic (exact) mass is 1080 g/mol. The molecule has 0 fully saturated rings. The molecule has 0 atom stereocenters. The van der Waals surface area contributed by atoms with E-state index in [0.717, 1.165) is 12.8 Å². The Labute approximate surface area is 491 Å². The first-order valence-electron chi connectivity index (χ1n) is 30.7. The van der Waals surface area contributed by atoms with Gasteiger partial charge in [0, 0.05) is 21.5 Å². The molecule has 2 heteroatoms. The molecule has 0 N–H and O–H groups in total. The van der Waals surface area contributed by atoms with Crippen molar-refractivity contribution in [3.8, 4) is 22.5 Å². The summed E-state index contributed by atoms with van der Waals surface area (Å²) in [5.41, 5.74) is 23.4. The van der Waals surface area contributed by atoms with Crippen LogP contribution in [0.5, 0.6) is 0 Å². The maximum absolute atomic E-state index is 2.65. The lowest BCUT2D eigenvalue weighted by atomic mass is 9.72. The largest absolute Gasteiger partial charge is 0.309 e. The molecule has 428 valence electrons. The van der Waals surface area contributed by atoms with Gasteiger partial charge in [-0.1, -0.05) is 241 Å². The molecule has 9 rings (SSSR count). The highest BCUT2D eigenvalue weighted by molar-refractivity contribution is 6.11. The van der Waals surface area contributed by atoms with Crippen molar-refractivity contribution in [2.75, 3.05) is 0 Å². The minimum atomic E-state index is -0.253. The molecular formula is C79H102N2. The van der Waals surface area contributed by atoms with E-state index < -0.39 is 0 Å². The van der Waals surface area contributed by atoms with Gasteiger partial charge in [0.05, 0.1) is 33.4 Å². The first-order valence-corrected chi connectivity index (χ1v) is 30.7. The van der Waals surface area contributed by atoms with E-state index in [9.17, 15) is 0 Å². The highest BCUT2D eigenvalue weighted by Gasteiger charge is 2.35. The van der Waals surface area contributed by atoms with E-state index in [2.05, 4.69) is 310 Å². The van der Waals surface area contributed by atoms with E-state index in [1.54, 1.807) is 0 Å². The summed E-state index contributed by atoms with van der Waals surface area (Å²) in [5.74, 6) is 0. The van der Waals surface area contributed by atoms with Crippen LogP contribution in [0.4, 0.5) is 0 Å². The van der Waals surface area contributed by atoms with E-state index in [1.807, 2.05) is 0 Å². The van der Waals surface area contributed by atoms with Gasteiger partial charge in [0.1, 0.15) is 0 Å². The fraction of sp³-hybridized carbons (Fsp3) is 0.468. The van der Waals surface area contributed by atoms with Crippen molar-refractivity contribution in [3.63, 3.8) is 0 Å². The fourth-order valence-electron chi connectivity index (χ4n) is 12.9. The Hall–Kier alpha value is -5.86. The maximum Gasteiger partial charge on any atom is 0.0541 e. The van der Waals surface area contributed by atoms with E-state index >= 15 is 0 Å². The molecule has 0 amide bonds. The van der Waals surface area contributed by atoms with Gasteiger partial charge in [0.2, 0.25) is 0 Å². The fourth-order valence-corrected chi connectivity index (χ4v) is 12.9. The van der Waals surface area contributed by atoms with Crippen molar-refractivity contribution in [1.29, 1.82) is 0 Å². The molecule has 9 aromatic rings. The van der Waals surface area contributed by atoms with Gasteiger partial charge in [0.25, 0.3) is 0 Å². The third-order valence-electron chi connectivity index (χ3n) is 18.4. The maximum atomic E-state index is 2.65. The molecule has 81 heavy (non-hydrogen) atoms. The summed E-state index contributed by atoms with van der Waals surface area (Å²) in [6.07, 6.45) is 1.89. The number of hydrogen-bond donors (Lipinski definition) is 0. The molecule has 0 saturated carbocycles. The quantitative estimate of drug-likeness (QED) is 0.144. The average molecular weight is 1080 g/mol. The lowest BCUT2D eigenvalue weighted by molar-refractivity contribution is 0.478. The van der Waals surface area contributed by atoms with Crippen molar-refractivity contribution >= 4 is 43.6 Å². The van der Waals surface area contributed by atoms with Gasteiger partial charge in [-0.2, -0.15) is 0 Å². The molecule has 0 spiro atoms. The summed E-state index contributed by atoms with van der Waals surface area (Å²) >= 11 is 0. The van der Waals surface area contributed by atoms with Gasteiger partial charge in [-0.3, -0.25) is 0 Å². The van der Waals surface area contributed by atoms with Gasteiger partial charge in [-0.05, 0) is 189 Å². The van der Waals surface area contributed by atoms with E-state index in [4.69, 9.17) is 0 Å². The van der Waals surface area contributed by atoms with Crippen LogP contribution in [0.25, 0.3) is 66.1 Å². The van der Waals surface area contributed by atoms with E-state index in [1.165, 1.54) is 122 Å². The predicted octanol–water partition coefficient (Wildman–Crippen LogP) is 22.8. The number of fused-ring (bicyclic) bond motifs is 6. The number of rotatable bonds is 8. The van der Waals surface area contributed by atoms with Crippen molar-refractivity contribution in [2.24, 2.45) is 0 Å². The number of hydrogen-bond acceptors (Lipinski definition) is 0. The van der Waals surface area contributed by atoms with Crippen molar-refractivity contribution < 1.29 is 0 Å². The first kappa shape index (κ1) is 59.8. The molecule has 0 aliphatic rings. The summed E-state index contributed by atoms with van der Waals surface area (Å²) in [6.45, 7) is 61.9. The molecule has 0 aliphatic heterocycles. The molecule has 2 nitrogen and oxygen atoms in total. The Bertz CT molecular complexity index is 3790. The van der Waals surface area contributed by atoms with Crippen LogP contribution in [0.3, 0.4) is 0 Å². The number of benzene rings is 7. The molecule has 0 radical (unpaired) electrons. The third-order valence-corrected chi connectivity index (χ3v) is 18.4. The van der Waals surface area contributed by atoms with Gasteiger partial charge in [-0.25, -0.2) is 0 Å². The smallest absolute Gasteiger partial charge is 0.0541 e. The molecular weight excluding hydrogens is 977 g/mol. The zero-order valence-corrected chi connectivity index (χ0v) is 55.4. The highest BCUT2D eigenvalue weighted by Crippen LogP contribution is 2.48. The Kier molecular flexibility index (Phi) is 14.5. The van der Waals surface area contributed by atoms with Crippen LogP contribution in [-0.4, -0.2) is 9.13 Å². The van der Waals surface area contributed by atoms with E-state index in [-0.39, 0.29) is 48.7 Å². The summed E-state index contributed by atoms with van der Waals surface area (Å²) in [7, 11) is 0. The van der Waals surface area contributed by atoms with Crippen LogP contribution < -0.4 is 0 Å². The number of aromatic nitrogens is 2. The summed E-state index contributed by atoms with van der Waals surface area (Å²) < 4.78 is 5.26. The van der Waals surface area contributed by atoms with Gasteiger partial charge >= 0.3 is 0 Å². The lowest BCUT2D eigenvalue weighted by Crippen LogP contribution is -2.26. The minimum Gasteiger partial charge on any atom is -0.309 e. The normalized spacial score (nSPS) is 13.9. The second kappa shape index (κ2) is 19.6. The number of nitrogens with zero attached hydrogens (tertiary/aromatic N) is 2. The van der Waals surface area contributed by atoms with Crippen LogP contribution in [0.1, 0.15) is 242 Å². The topological polar surface area (TPSA) is 9.86 Å². The Morgan fingerprint density at radius 3 is 1.06 bits per heavy atom. The minimum absolute atomic E-state index is 0.00136. The molecule has 0 aliphatic carbocycles. The second-order valence-corrected chi connectivity index (χ2v) is 33.2. The first-order chi connectivity index (χ1) is 37.0. The van der Waals surface area contributed by atoms with Crippen molar-refractivity contribution in [2.45, 2.75) is 242 Å². The zero-order valence-electron chi connectivity index (χ0n) is 55.4. The molecule has 0 unspecified atom stereocenters. The van der Waals surface area contributed by atoms with Crippen LogP contribution in [0.2, 0.25) is 0 Å². The van der Waals surface area contributed by atoms with Crippen LogP contribution in [-0.2, 0) is 55.2 Å². The molecule has 7 aromatic carbocycles. The predicted molar refractivity (Wildman–Crippen MR) is 358 cm³/mol. The van der Waals surface area contributed by atoms with Crippen molar-refractivity contribution in [3.05, 3.63) is 177 Å². The lowest BCUT2D eigenvalue weighted by Gasteiger charge is -2.34. The third kappa shape index (κ3) is 11.1. The van der Waals surface area contributed by atoms with Crippen LogP contribution in [0, 0.1) is 0 Å². The van der Waals surface area contributed by atoms with E-state index in [0.29, 0.717) is 0 Å². The zero-order chi connectivity index (χ0) is 59.9. The SMILES string of the molecule is CCC(C)(C)c1c(-n2c3ccc(C(C)(C)C)cc3c3cc(C(C)(C)Cc4cc(-c5cc(C(C)(C)C)cc(C(C)(C)C)c5)c(C(C)(C)C)c(-n5c6ccc(C(C)(C)C)cc6c6cc(C(C)(C)C)ccc65)c4)ccc32)cccc1C(C)(C)C. The average Bonchev–Trinajstić information content (AvgIpc) is 3.48. The Morgan fingerprint density at radius 2 is 0.691 bits per heavy atom. The van der Waals surface area contributed by atoms with Crippen LogP contribution in [0.15, 0.2) is 121 Å². The molecule has 0 bridgehead atoms. The van der Waals surface area contributed by atoms with Gasteiger partial charge in [-0.15, -0.1) is 0 Å².